The molecule has 0 saturated carbocycles. The third-order valence-corrected chi connectivity index (χ3v) is 4.70. The molecule has 3 aromatic rings. The Hall–Kier alpha value is -3.35. The third-order valence-electron chi connectivity index (χ3n) is 4.45. The minimum Gasteiger partial charge on any atom is -0.400 e. The highest BCUT2D eigenvalue weighted by Crippen LogP contribution is 2.29. The van der Waals surface area contributed by atoms with E-state index in [4.69, 9.17) is 21.5 Å². The van der Waals surface area contributed by atoms with Crippen LogP contribution in [0.15, 0.2) is 53.4 Å². The Bertz CT molecular complexity index is 1010. The average molecular weight is 535 g/mol. The summed E-state index contributed by atoms with van der Waals surface area (Å²) in [6.07, 6.45) is -4.47. The van der Waals surface area contributed by atoms with Gasteiger partial charge in [0.1, 0.15) is 18.9 Å². The Morgan fingerprint density at radius 3 is 2.25 bits per heavy atom. The minimum absolute atomic E-state index is 0.124. The van der Waals surface area contributed by atoms with Crippen LogP contribution in [0.3, 0.4) is 0 Å². The summed E-state index contributed by atoms with van der Waals surface area (Å²) in [5.74, 6) is -0.414. The van der Waals surface area contributed by atoms with Crippen molar-refractivity contribution in [2.45, 2.75) is 31.6 Å². The molecule has 1 aromatic heterocycles. The van der Waals surface area contributed by atoms with E-state index in [1.54, 1.807) is 30.3 Å². The first kappa shape index (κ1) is 32.6. The molecule has 0 spiro atoms. The Morgan fingerprint density at radius 1 is 1.17 bits per heavy atom. The van der Waals surface area contributed by atoms with Gasteiger partial charge >= 0.3 is 6.18 Å². The molecule has 36 heavy (non-hydrogen) atoms. The lowest BCUT2D eigenvalue weighted by Gasteiger charge is -2.31. The highest BCUT2D eigenvalue weighted by atomic mass is 35.5. The molecule has 3 N–H and O–H groups in total. The predicted molar refractivity (Wildman–Crippen MR) is 128 cm³/mol. The number of aldehydes is 1. The molecule has 0 radical (unpaired) electrons. The topological polar surface area (TPSA) is 123 Å². The van der Waals surface area contributed by atoms with E-state index in [9.17, 15) is 22.4 Å². The van der Waals surface area contributed by atoms with E-state index in [0.29, 0.717) is 22.6 Å². The standard InChI is InChI=1S/C20H16ClF4N3O2.CH5N.CH4O.CH2O/c21-15-3-5-16(6-4-15)28(17(11-29)7-8-20(23,24)25)10-14-2-1-13(9-18(14)22)19-26-12-30-27-19;3*1-2/h1-6,9,11-12,17H,7-8,10H2;2H2,1H3;2H,1H3;1H2/t17-;;;/m1.../s1. The molecule has 0 saturated heterocycles. The molecule has 8 nitrogen and oxygen atoms in total. The van der Waals surface area contributed by atoms with Crippen LogP contribution in [0.1, 0.15) is 18.4 Å². The quantitative estimate of drug-likeness (QED) is 0.321. The molecule has 0 unspecified atom stereocenters. The van der Waals surface area contributed by atoms with Gasteiger partial charge in [-0.2, -0.15) is 18.2 Å². The summed E-state index contributed by atoms with van der Waals surface area (Å²) < 4.78 is 57.5. The number of hydrogen-bond acceptors (Lipinski definition) is 8. The molecule has 13 heteroatoms. The number of rotatable bonds is 8. The Morgan fingerprint density at radius 2 is 1.78 bits per heavy atom. The van der Waals surface area contributed by atoms with Gasteiger partial charge in [0, 0.05) is 41.9 Å². The van der Waals surface area contributed by atoms with Crippen LogP contribution in [0.5, 0.6) is 0 Å². The molecule has 2 aromatic carbocycles. The summed E-state index contributed by atoms with van der Waals surface area (Å²) >= 11 is 5.89. The van der Waals surface area contributed by atoms with Gasteiger partial charge in [-0.1, -0.05) is 28.9 Å². The van der Waals surface area contributed by atoms with Crippen LogP contribution in [0.4, 0.5) is 23.2 Å². The van der Waals surface area contributed by atoms with Crippen LogP contribution in [0.2, 0.25) is 5.02 Å². The molecular formula is C23H27ClF4N4O4. The maximum Gasteiger partial charge on any atom is 0.389 e. The molecule has 0 aliphatic carbocycles. The van der Waals surface area contributed by atoms with E-state index in [1.165, 1.54) is 24.1 Å². The normalized spacial score (nSPS) is 10.9. The highest BCUT2D eigenvalue weighted by molar-refractivity contribution is 6.30. The minimum atomic E-state index is -4.41. The Labute approximate surface area is 210 Å². The number of benzene rings is 2. The van der Waals surface area contributed by atoms with E-state index in [2.05, 4.69) is 20.4 Å². The Balaban J connectivity index is 0.00000190. The number of nitrogens with zero attached hydrogens (tertiary/aromatic N) is 3. The number of carbonyl (C=O) groups excluding carboxylic acids is 2. The van der Waals surface area contributed by atoms with Crippen LogP contribution in [0, 0.1) is 5.82 Å². The molecular weight excluding hydrogens is 508 g/mol. The third kappa shape index (κ3) is 10.5. The van der Waals surface area contributed by atoms with Gasteiger partial charge in [0.15, 0.2) is 0 Å². The van der Waals surface area contributed by atoms with Crippen LogP contribution in [0.25, 0.3) is 11.4 Å². The van der Waals surface area contributed by atoms with Crippen LogP contribution in [-0.2, 0) is 16.1 Å². The van der Waals surface area contributed by atoms with Crippen molar-refractivity contribution in [3.05, 3.63) is 65.3 Å². The van der Waals surface area contributed by atoms with Gasteiger partial charge in [-0.05, 0) is 43.8 Å². The van der Waals surface area contributed by atoms with E-state index >= 15 is 0 Å². The lowest BCUT2D eigenvalue weighted by molar-refractivity contribution is -0.137. The number of halogens is 5. The van der Waals surface area contributed by atoms with Gasteiger partial charge < -0.3 is 29.9 Å². The van der Waals surface area contributed by atoms with Crippen molar-refractivity contribution in [3.63, 3.8) is 0 Å². The molecule has 0 fully saturated rings. The lowest BCUT2D eigenvalue weighted by atomic mass is 10.1. The number of aliphatic hydroxyl groups excluding tert-OH is 1. The monoisotopic (exact) mass is 534 g/mol. The first-order valence-electron chi connectivity index (χ1n) is 10.2. The van der Waals surface area contributed by atoms with Crippen LogP contribution < -0.4 is 10.6 Å². The molecule has 0 bridgehead atoms. The summed E-state index contributed by atoms with van der Waals surface area (Å²) in [7, 11) is 2.50. The number of alkyl halides is 3. The van der Waals surface area contributed by atoms with Crippen molar-refractivity contribution in [1.29, 1.82) is 0 Å². The molecule has 198 valence electrons. The summed E-state index contributed by atoms with van der Waals surface area (Å²) in [6, 6.07) is 9.35. The van der Waals surface area contributed by atoms with Gasteiger partial charge in [-0.25, -0.2) is 4.39 Å². The fraction of sp³-hybridized carbons (Fsp3) is 0.304. The second-order valence-corrected chi connectivity index (χ2v) is 6.96. The van der Waals surface area contributed by atoms with Crippen molar-refractivity contribution < 1.29 is 36.8 Å². The number of anilines is 1. The summed E-state index contributed by atoms with van der Waals surface area (Å²) in [5.41, 5.74) is 5.52. The molecule has 1 heterocycles. The van der Waals surface area contributed by atoms with Gasteiger partial charge in [-0.15, -0.1) is 0 Å². The van der Waals surface area contributed by atoms with Crippen molar-refractivity contribution in [2.24, 2.45) is 5.73 Å². The first-order chi connectivity index (χ1) is 17.3. The summed E-state index contributed by atoms with van der Waals surface area (Å²) in [5, 5.41) is 11.1. The first-order valence-corrected chi connectivity index (χ1v) is 10.6. The largest absolute Gasteiger partial charge is 0.400 e. The van der Waals surface area contributed by atoms with Crippen molar-refractivity contribution >= 4 is 30.4 Å². The summed E-state index contributed by atoms with van der Waals surface area (Å²) in [6.45, 7) is 1.88. The zero-order valence-electron chi connectivity index (χ0n) is 19.6. The average Bonchev–Trinajstić information content (AvgIpc) is 3.43. The van der Waals surface area contributed by atoms with Gasteiger partial charge in [0.05, 0.1) is 6.04 Å². The van der Waals surface area contributed by atoms with Crippen molar-refractivity contribution in [3.8, 4) is 11.4 Å². The lowest BCUT2D eigenvalue weighted by Crippen LogP contribution is -2.37. The Kier molecular flexibility index (Phi) is 15.5. The second kappa shape index (κ2) is 17.1. The van der Waals surface area contributed by atoms with E-state index < -0.39 is 30.9 Å². The molecule has 0 amide bonds. The molecule has 3 rings (SSSR count). The fourth-order valence-corrected chi connectivity index (χ4v) is 3.06. The number of hydrogen-bond donors (Lipinski definition) is 2. The number of carbonyl (C=O) groups is 2. The van der Waals surface area contributed by atoms with Crippen molar-refractivity contribution in [1.82, 2.24) is 10.1 Å². The zero-order valence-corrected chi connectivity index (χ0v) is 20.3. The zero-order chi connectivity index (χ0) is 27.7. The van der Waals surface area contributed by atoms with Crippen molar-refractivity contribution in [2.75, 3.05) is 19.1 Å². The van der Waals surface area contributed by atoms with Crippen LogP contribution in [-0.4, -0.2) is 54.7 Å². The molecule has 0 aliphatic rings. The van der Waals surface area contributed by atoms with Gasteiger partial charge in [-0.3, -0.25) is 0 Å². The van der Waals surface area contributed by atoms with Crippen LogP contribution >= 0.6 is 11.6 Å². The van der Waals surface area contributed by atoms with E-state index in [-0.39, 0.29) is 17.9 Å². The molecule has 1 atom stereocenters. The summed E-state index contributed by atoms with van der Waals surface area (Å²) in [4.78, 5) is 24.9. The fourth-order valence-electron chi connectivity index (χ4n) is 2.94. The number of aromatic nitrogens is 2. The highest BCUT2D eigenvalue weighted by Gasteiger charge is 2.30. The molecule has 0 aliphatic heterocycles. The second-order valence-electron chi connectivity index (χ2n) is 6.52. The number of nitrogens with two attached hydrogens (primary N) is 1. The predicted octanol–water partition coefficient (Wildman–Crippen LogP) is 4.44. The van der Waals surface area contributed by atoms with Gasteiger partial charge in [0.25, 0.3) is 0 Å². The maximum atomic E-state index is 14.7. The maximum absolute atomic E-state index is 14.7. The SMILES string of the molecule is C=O.CN.CO.O=C[C@@H](CCC(F)(F)F)N(Cc1ccc(-c2ncon2)cc1F)c1ccc(Cl)cc1. The number of aliphatic hydroxyl groups is 1. The van der Waals surface area contributed by atoms with E-state index in [0.717, 1.165) is 13.5 Å². The van der Waals surface area contributed by atoms with E-state index in [1.807, 2.05) is 6.79 Å². The van der Waals surface area contributed by atoms with Gasteiger partial charge in [0.2, 0.25) is 12.2 Å². The smallest absolute Gasteiger partial charge is 0.389 e.